The number of carboxylic acid groups (broad SMARTS) is 1. The molecule has 6 heteroatoms. The molecule has 0 spiro atoms. The molecule has 0 aliphatic heterocycles. The monoisotopic (exact) mass is 448 g/mol. The topological polar surface area (TPSA) is 64.3 Å². The first-order valence-corrected chi connectivity index (χ1v) is 10.7. The van der Waals surface area contributed by atoms with Crippen LogP contribution in [0, 0.1) is 18.3 Å². The zero-order valence-corrected chi connectivity index (χ0v) is 18.5. The highest BCUT2D eigenvalue weighted by molar-refractivity contribution is 9.10. The molecular formula is C22H29BrN2O3. The lowest BCUT2D eigenvalue weighted by atomic mass is 9.88. The van der Waals surface area contributed by atoms with Crippen molar-refractivity contribution in [2.45, 2.75) is 59.4 Å². The van der Waals surface area contributed by atoms with Crippen LogP contribution in [0.3, 0.4) is 0 Å². The van der Waals surface area contributed by atoms with Crippen molar-refractivity contribution in [3.05, 3.63) is 45.7 Å². The number of aryl methyl sites for hydroxylation is 1. The van der Waals surface area contributed by atoms with Crippen LogP contribution in [0.2, 0.25) is 0 Å². The average Bonchev–Trinajstić information content (AvgIpc) is 3.24. The third kappa shape index (κ3) is 5.16. The van der Waals surface area contributed by atoms with Gasteiger partial charge in [0.2, 0.25) is 0 Å². The lowest BCUT2D eigenvalue weighted by Crippen LogP contribution is -2.26. The van der Waals surface area contributed by atoms with Gasteiger partial charge in [0.15, 0.2) is 0 Å². The predicted octanol–water partition coefficient (Wildman–Crippen LogP) is 5.22. The molecule has 0 unspecified atom stereocenters. The molecule has 0 atom stereocenters. The van der Waals surface area contributed by atoms with Crippen LogP contribution in [-0.2, 0) is 17.8 Å². The van der Waals surface area contributed by atoms with E-state index in [2.05, 4.69) is 27.1 Å². The largest absolute Gasteiger partial charge is 0.493 e. The van der Waals surface area contributed by atoms with Gasteiger partial charge in [0.1, 0.15) is 5.75 Å². The number of hydrogen-bond acceptors (Lipinski definition) is 3. The number of halogens is 1. The van der Waals surface area contributed by atoms with Crippen LogP contribution in [0.4, 0.5) is 0 Å². The second kappa shape index (κ2) is 8.68. The number of nitrogens with zero attached hydrogens (tertiary/aromatic N) is 2. The van der Waals surface area contributed by atoms with Crippen LogP contribution in [-0.4, -0.2) is 27.5 Å². The number of ether oxygens (including phenoxy) is 1. The molecule has 0 amide bonds. The van der Waals surface area contributed by atoms with Crippen molar-refractivity contribution in [3.8, 4) is 5.75 Å². The molecule has 28 heavy (non-hydrogen) atoms. The molecule has 1 aliphatic rings. The van der Waals surface area contributed by atoms with E-state index in [1.165, 1.54) is 25.7 Å². The summed E-state index contributed by atoms with van der Waals surface area (Å²) in [6, 6.07) is 8.07. The highest BCUT2D eigenvalue weighted by atomic mass is 79.9. The van der Waals surface area contributed by atoms with Crippen LogP contribution < -0.4 is 4.74 Å². The first-order valence-electron chi connectivity index (χ1n) is 9.92. The number of carbonyl (C=O) groups is 1. The summed E-state index contributed by atoms with van der Waals surface area (Å²) < 4.78 is 9.10. The summed E-state index contributed by atoms with van der Waals surface area (Å²) in [6.07, 6.45) is 5.53. The van der Waals surface area contributed by atoms with Crippen molar-refractivity contribution >= 4 is 21.9 Å². The first kappa shape index (κ1) is 20.9. The van der Waals surface area contributed by atoms with Gasteiger partial charge >= 0.3 is 5.97 Å². The smallest absolute Gasteiger partial charge is 0.309 e. The molecule has 1 heterocycles. The molecule has 0 saturated heterocycles. The molecule has 0 bridgehead atoms. The van der Waals surface area contributed by atoms with Gasteiger partial charge in [-0.1, -0.05) is 28.8 Å². The second-order valence-corrected chi connectivity index (χ2v) is 9.43. The van der Waals surface area contributed by atoms with Crippen molar-refractivity contribution in [1.82, 2.24) is 9.78 Å². The maximum absolute atomic E-state index is 11.4. The Kier molecular flexibility index (Phi) is 6.48. The lowest BCUT2D eigenvalue weighted by molar-refractivity contribution is -0.146. The molecule has 5 nitrogen and oxygen atoms in total. The van der Waals surface area contributed by atoms with Gasteiger partial charge in [-0.05, 0) is 63.8 Å². The second-order valence-electron chi connectivity index (χ2n) is 8.51. The van der Waals surface area contributed by atoms with E-state index in [4.69, 9.17) is 4.74 Å². The number of aromatic nitrogens is 2. The van der Waals surface area contributed by atoms with Crippen molar-refractivity contribution < 1.29 is 14.6 Å². The minimum absolute atomic E-state index is 0.402. The molecular weight excluding hydrogens is 420 g/mol. The van der Waals surface area contributed by atoms with Crippen LogP contribution in [0.25, 0.3) is 0 Å². The van der Waals surface area contributed by atoms with Crippen LogP contribution >= 0.6 is 15.9 Å². The summed E-state index contributed by atoms with van der Waals surface area (Å²) in [5, 5.41) is 14.0. The number of benzene rings is 1. The maximum Gasteiger partial charge on any atom is 0.309 e. The standard InChI is InChI=1S/C22H29BrN2O3/c1-15-10-19(12-22(2,3)21(26)27)24-25(15)13-17-11-18(23)8-9-20(17)28-14-16-6-4-5-7-16/h8-11,16H,4-7,12-14H2,1-3H3,(H,26,27). The predicted molar refractivity (Wildman–Crippen MR) is 113 cm³/mol. The zero-order valence-electron chi connectivity index (χ0n) is 16.9. The van der Waals surface area contributed by atoms with E-state index in [-0.39, 0.29) is 0 Å². The molecule has 1 aromatic heterocycles. The van der Waals surface area contributed by atoms with Crippen LogP contribution in [0.15, 0.2) is 28.7 Å². The minimum atomic E-state index is -0.836. The van der Waals surface area contributed by atoms with Crippen molar-refractivity contribution in [1.29, 1.82) is 0 Å². The highest BCUT2D eigenvalue weighted by Gasteiger charge is 2.28. The SMILES string of the molecule is Cc1cc(CC(C)(C)C(=O)O)nn1Cc1cc(Br)ccc1OCC1CCCC1. The van der Waals surface area contributed by atoms with E-state index in [9.17, 15) is 9.90 Å². The fraction of sp³-hybridized carbons (Fsp3) is 0.545. The Morgan fingerprint density at radius 2 is 2.04 bits per heavy atom. The van der Waals surface area contributed by atoms with Crippen molar-refractivity contribution in [3.63, 3.8) is 0 Å². The average molecular weight is 449 g/mol. The Balaban J connectivity index is 1.75. The quantitative estimate of drug-likeness (QED) is 0.600. The summed E-state index contributed by atoms with van der Waals surface area (Å²) in [5.74, 6) is 0.750. The molecule has 2 aromatic rings. The molecule has 1 fully saturated rings. The van der Waals surface area contributed by atoms with Gasteiger partial charge in [-0.25, -0.2) is 0 Å². The molecule has 0 radical (unpaired) electrons. The van der Waals surface area contributed by atoms with Gasteiger partial charge in [-0.15, -0.1) is 0 Å². The van der Waals surface area contributed by atoms with Gasteiger partial charge in [-0.2, -0.15) is 5.10 Å². The van der Waals surface area contributed by atoms with Crippen LogP contribution in [0.5, 0.6) is 5.75 Å². The molecule has 1 aromatic carbocycles. The molecule has 1 N–H and O–H groups in total. The summed E-state index contributed by atoms with van der Waals surface area (Å²) in [7, 11) is 0. The van der Waals surface area contributed by atoms with E-state index in [1.807, 2.05) is 29.8 Å². The maximum atomic E-state index is 11.4. The van der Waals surface area contributed by atoms with Gasteiger partial charge in [0, 0.05) is 22.2 Å². The van der Waals surface area contributed by atoms with Crippen molar-refractivity contribution in [2.24, 2.45) is 11.3 Å². The third-order valence-corrected chi connectivity index (χ3v) is 6.02. The summed E-state index contributed by atoms with van der Waals surface area (Å²) >= 11 is 3.56. The summed E-state index contributed by atoms with van der Waals surface area (Å²) in [6.45, 7) is 6.82. The van der Waals surface area contributed by atoms with Crippen molar-refractivity contribution in [2.75, 3.05) is 6.61 Å². The Bertz CT molecular complexity index is 838. The Morgan fingerprint density at radius 3 is 2.71 bits per heavy atom. The molecule has 1 saturated carbocycles. The highest BCUT2D eigenvalue weighted by Crippen LogP contribution is 2.29. The Labute approximate surface area is 175 Å². The van der Waals surface area contributed by atoms with Gasteiger partial charge in [-0.3, -0.25) is 9.48 Å². The third-order valence-electron chi connectivity index (χ3n) is 5.53. The fourth-order valence-corrected chi connectivity index (χ4v) is 4.12. The van der Waals surface area contributed by atoms with E-state index < -0.39 is 11.4 Å². The number of carboxylic acids is 1. The number of hydrogen-bond donors (Lipinski definition) is 1. The van der Waals surface area contributed by atoms with Gasteiger partial charge in [0.25, 0.3) is 0 Å². The van der Waals surface area contributed by atoms with Gasteiger partial charge < -0.3 is 9.84 Å². The van der Waals surface area contributed by atoms with Crippen LogP contribution in [0.1, 0.15) is 56.5 Å². The molecule has 3 rings (SSSR count). The fourth-order valence-electron chi connectivity index (χ4n) is 3.71. The minimum Gasteiger partial charge on any atom is -0.493 e. The molecule has 152 valence electrons. The zero-order chi connectivity index (χ0) is 20.3. The van der Waals surface area contributed by atoms with Gasteiger partial charge in [0.05, 0.1) is 24.3 Å². The van der Waals surface area contributed by atoms with E-state index in [0.29, 0.717) is 18.9 Å². The van der Waals surface area contributed by atoms with E-state index in [1.54, 1.807) is 13.8 Å². The molecule has 1 aliphatic carbocycles. The normalized spacial score (nSPS) is 15.1. The number of aliphatic carboxylic acids is 1. The van der Waals surface area contributed by atoms with E-state index >= 15 is 0 Å². The summed E-state index contributed by atoms with van der Waals surface area (Å²) in [5.41, 5.74) is 2.05. The first-order chi connectivity index (χ1) is 13.2. The number of rotatable bonds is 8. The summed E-state index contributed by atoms with van der Waals surface area (Å²) in [4.78, 5) is 11.4. The Hall–Kier alpha value is -1.82. The van der Waals surface area contributed by atoms with E-state index in [0.717, 1.165) is 33.8 Å². The Morgan fingerprint density at radius 1 is 1.32 bits per heavy atom. The lowest BCUT2D eigenvalue weighted by Gasteiger charge is -2.17.